The maximum absolute atomic E-state index is 13.1. The largest absolute Gasteiger partial charge is 0.357 e. The van der Waals surface area contributed by atoms with Crippen molar-refractivity contribution in [3.05, 3.63) is 70.8 Å². The van der Waals surface area contributed by atoms with Crippen molar-refractivity contribution >= 4 is 11.8 Å². The Balaban J connectivity index is 2.14. The molecule has 0 aliphatic heterocycles. The molecule has 0 saturated carbocycles. The molecule has 0 saturated heterocycles. The van der Waals surface area contributed by atoms with Gasteiger partial charge in [0.05, 0.1) is 0 Å². The van der Waals surface area contributed by atoms with Crippen molar-refractivity contribution in [1.29, 1.82) is 0 Å². The van der Waals surface area contributed by atoms with Crippen molar-refractivity contribution in [3.63, 3.8) is 0 Å². The Morgan fingerprint density at radius 1 is 0.929 bits per heavy atom. The second kappa shape index (κ2) is 10.6. The van der Waals surface area contributed by atoms with Crippen molar-refractivity contribution < 1.29 is 9.59 Å². The summed E-state index contributed by atoms with van der Waals surface area (Å²) in [5.41, 5.74) is 4.65. The number of nitrogens with one attached hydrogen (secondary N) is 1. The average molecular weight is 381 g/mol. The van der Waals surface area contributed by atoms with Gasteiger partial charge in [-0.1, -0.05) is 67.9 Å². The average Bonchev–Trinajstić information content (AvgIpc) is 2.73. The molecule has 1 N–H and O–H groups in total. The SMILES string of the molecule is CCc1ccc(CCC(=O)N(Cc2ccc(C)cc2)[C@H](CC)C(=O)NC)cc1. The monoisotopic (exact) mass is 380 g/mol. The van der Waals surface area contributed by atoms with E-state index in [-0.39, 0.29) is 11.8 Å². The van der Waals surface area contributed by atoms with Crippen molar-refractivity contribution in [2.24, 2.45) is 0 Å². The van der Waals surface area contributed by atoms with Crippen molar-refractivity contribution in [2.45, 2.75) is 59.0 Å². The van der Waals surface area contributed by atoms with E-state index in [0.717, 1.165) is 17.5 Å². The third-order valence-electron chi connectivity index (χ3n) is 5.16. The van der Waals surface area contributed by atoms with E-state index in [2.05, 4.69) is 36.5 Å². The molecular weight excluding hydrogens is 348 g/mol. The van der Waals surface area contributed by atoms with E-state index in [9.17, 15) is 9.59 Å². The standard InChI is InChI=1S/C24H32N2O2/c1-5-19-11-13-20(14-12-19)15-16-23(27)26(22(6-2)24(28)25-4)17-21-9-7-18(3)8-10-21/h7-14,22H,5-6,15-17H2,1-4H3,(H,25,28)/t22-/m1/s1. The second-order valence-electron chi connectivity index (χ2n) is 7.22. The van der Waals surface area contributed by atoms with Crippen LogP contribution in [-0.2, 0) is 29.0 Å². The van der Waals surface area contributed by atoms with Crippen molar-refractivity contribution in [1.82, 2.24) is 10.2 Å². The fourth-order valence-electron chi connectivity index (χ4n) is 3.31. The summed E-state index contributed by atoms with van der Waals surface area (Å²) in [5, 5.41) is 2.70. The Kier molecular flexibility index (Phi) is 8.24. The molecule has 28 heavy (non-hydrogen) atoms. The van der Waals surface area contributed by atoms with Crippen molar-refractivity contribution in [2.75, 3.05) is 7.05 Å². The zero-order chi connectivity index (χ0) is 20.5. The number of nitrogens with zero attached hydrogens (tertiary/aromatic N) is 1. The van der Waals surface area contributed by atoms with E-state index in [4.69, 9.17) is 0 Å². The molecule has 0 spiro atoms. The summed E-state index contributed by atoms with van der Waals surface area (Å²) in [4.78, 5) is 27.2. The van der Waals surface area contributed by atoms with Gasteiger partial charge < -0.3 is 10.2 Å². The molecule has 0 heterocycles. The van der Waals surface area contributed by atoms with E-state index in [1.54, 1.807) is 11.9 Å². The van der Waals surface area contributed by atoms with Gasteiger partial charge in [-0.2, -0.15) is 0 Å². The van der Waals surface area contributed by atoms with Gasteiger partial charge in [0.2, 0.25) is 11.8 Å². The third kappa shape index (κ3) is 5.95. The molecule has 0 aromatic heterocycles. The number of carbonyl (C=O) groups is 2. The first-order chi connectivity index (χ1) is 13.5. The highest BCUT2D eigenvalue weighted by Crippen LogP contribution is 2.16. The van der Waals surface area contributed by atoms with Gasteiger partial charge in [-0.15, -0.1) is 0 Å². The minimum Gasteiger partial charge on any atom is -0.357 e. The first-order valence-electron chi connectivity index (χ1n) is 10.1. The summed E-state index contributed by atoms with van der Waals surface area (Å²) in [7, 11) is 1.62. The number of benzene rings is 2. The topological polar surface area (TPSA) is 49.4 Å². The van der Waals surface area contributed by atoms with Gasteiger partial charge in [-0.05, 0) is 42.9 Å². The van der Waals surface area contributed by atoms with Crippen LogP contribution >= 0.6 is 0 Å². The van der Waals surface area contributed by atoms with Crippen LogP contribution in [0, 0.1) is 6.92 Å². The molecule has 2 aromatic rings. The normalized spacial score (nSPS) is 11.7. The molecule has 0 aliphatic rings. The van der Waals surface area contributed by atoms with Crippen LogP contribution in [0.4, 0.5) is 0 Å². The number of hydrogen-bond acceptors (Lipinski definition) is 2. The van der Waals surface area contributed by atoms with Gasteiger partial charge in [0.15, 0.2) is 0 Å². The van der Waals surface area contributed by atoms with Crippen LogP contribution in [0.15, 0.2) is 48.5 Å². The number of amides is 2. The van der Waals surface area contributed by atoms with Gasteiger partial charge >= 0.3 is 0 Å². The highest BCUT2D eigenvalue weighted by Gasteiger charge is 2.27. The maximum Gasteiger partial charge on any atom is 0.242 e. The van der Waals surface area contributed by atoms with Crippen LogP contribution in [0.25, 0.3) is 0 Å². The molecular formula is C24H32N2O2. The number of aryl methyl sites for hydroxylation is 3. The predicted molar refractivity (Wildman–Crippen MR) is 114 cm³/mol. The highest BCUT2D eigenvalue weighted by molar-refractivity contribution is 5.87. The van der Waals surface area contributed by atoms with E-state index < -0.39 is 6.04 Å². The van der Waals surface area contributed by atoms with E-state index >= 15 is 0 Å². The molecule has 150 valence electrons. The van der Waals surface area contributed by atoms with Gasteiger partial charge in [0, 0.05) is 20.0 Å². The molecule has 0 fully saturated rings. The summed E-state index contributed by atoms with van der Waals surface area (Å²) in [6.07, 6.45) is 2.67. The number of rotatable bonds is 9. The molecule has 0 radical (unpaired) electrons. The molecule has 1 atom stereocenters. The van der Waals surface area contributed by atoms with Crippen LogP contribution < -0.4 is 5.32 Å². The molecule has 0 unspecified atom stereocenters. The zero-order valence-corrected chi connectivity index (χ0v) is 17.5. The minimum absolute atomic E-state index is 0.00981. The summed E-state index contributed by atoms with van der Waals surface area (Å²) in [6.45, 7) is 6.56. The molecule has 2 rings (SSSR count). The lowest BCUT2D eigenvalue weighted by Gasteiger charge is -2.30. The van der Waals surface area contributed by atoms with Gasteiger partial charge in [0.25, 0.3) is 0 Å². The fourth-order valence-corrected chi connectivity index (χ4v) is 3.31. The predicted octanol–water partition coefficient (Wildman–Crippen LogP) is 4.04. The summed E-state index contributed by atoms with van der Waals surface area (Å²) < 4.78 is 0. The van der Waals surface area contributed by atoms with Gasteiger partial charge in [-0.3, -0.25) is 9.59 Å². The van der Waals surface area contributed by atoms with Crippen molar-refractivity contribution in [3.8, 4) is 0 Å². The molecule has 4 nitrogen and oxygen atoms in total. The molecule has 2 amide bonds. The van der Waals surface area contributed by atoms with Crippen LogP contribution in [0.5, 0.6) is 0 Å². The van der Waals surface area contributed by atoms with Gasteiger partial charge in [0.1, 0.15) is 6.04 Å². The molecule has 4 heteroatoms. The highest BCUT2D eigenvalue weighted by atomic mass is 16.2. The van der Waals surface area contributed by atoms with E-state index in [1.807, 2.05) is 38.1 Å². The lowest BCUT2D eigenvalue weighted by molar-refractivity contribution is -0.141. The van der Waals surface area contributed by atoms with Crippen LogP contribution in [0.2, 0.25) is 0 Å². The Morgan fingerprint density at radius 2 is 1.50 bits per heavy atom. The second-order valence-corrected chi connectivity index (χ2v) is 7.22. The summed E-state index contributed by atoms with van der Waals surface area (Å²) in [6, 6.07) is 16.1. The smallest absolute Gasteiger partial charge is 0.242 e. The fraction of sp³-hybridized carbons (Fsp3) is 0.417. The maximum atomic E-state index is 13.1. The third-order valence-corrected chi connectivity index (χ3v) is 5.16. The van der Waals surface area contributed by atoms with Crippen LogP contribution in [0.3, 0.4) is 0 Å². The Hall–Kier alpha value is -2.62. The van der Waals surface area contributed by atoms with E-state index in [1.165, 1.54) is 11.1 Å². The lowest BCUT2D eigenvalue weighted by Crippen LogP contribution is -2.48. The Bertz CT molecular complexity index is 766. The molecule has 2 aromatic carbocycles. The first kappa shape index (κ1) is 21.7. The van der Waals surface area contributed by atoms with Crippen LogP contribution in [-0.4, -0.2) is 29.8 Å². The van der Waals surface area contributed by atoms with Gasteiger partial charge in [-0.25, -0.2) is 0 Å². The molecule has 0 aliphatic carbocycles. The van der Waals surface area contributed by atoms with E-state index in [0.29, 0.717) is 25.8 Å². The minimum atomic E-state index is -0.457. The Labute approximate surface area is 169 Å². The lowest BCUT2D eigenvalue weighted by atomic mass is 10.0. The summed E-state index contributed by atoms with van der Waals surface area (Å²) in [5.74, 6) is -0.106. The summed E-state index contributed by atoms with van der Waals surface area (Å²) >= 11 is 0. The number of carbonyl (C=O) groups excluding carboxylic acids is 2. The Morgan fingerprint density at radius 3 is 2.04 bits per heavy atom. The first-order valence-corrected chi connectivity index (χ1v) is 10.1. The molecule has 0 bridgehead atoms. The zero-order valence-electron chi connectivity index (χ0n) is 17.5. The number of likely N-dealkylation sites (N-methyl/N-ethyl adjacent to an activating group) is 1. The van der Waals surface area contributed by atoms with Crippen LogP contribution in [0.1, 0.15) is 48.9 Å². The number of hydrogen-bond donors (Lipinski definition) is 1. The quantitative estimate of drug-likeness (QED) is 0.714.